The molecule has 0 rings (SSSR count). The Labute approximate surface area is 353 Å². The number of carbonyl (C=O) groups excluding carboxylic acids is 2. The number of carbonyl (C=O) groups is 2. The van der Waals surface area contributed by atoms with E-state index in [4.69, 9.17) is 4.74 Å². The van der Waals surface area contributed by atoms with Gasteiger partial charge in [-0.3, -0.25) is 9.59 Å². The summed E-state index contributed by atoms with van der Waals surface area (Å²) in [5.74, 6) is -0.0911. The second-order valence-corrected chi connectivity index (χ2v) is 16.8. The molecule has 0 fully saturated rings. The van der Waals surface area contributed by atoms with Gasteiger partial charge in [-0.05, 0) is 83.5 Å². The van der Waals surface area contributed by atoms with Gasteiger partial charge in [0.15, 0.2) is 0 Å². The van der Waals surface area contributed by atoms with Crippen molar-refractivity contribution in [1.29, 1.82) is 0 Å². The summed E-state index contributed by atoms with van der Waals surface area (Å²) in [4.78, 5) is 24.4. The lowest BCUT2D eigenvalue weighted by Gasteiger charge is -2.22. The molecule has 0 bridgehead atoms. The minimum Gasteiger partial charge on any atom is -0.466 e. The van der Waals surface area contributed by atoms with Crippen molar-refractivity contribution < 1.29 is 24.5 Å². The molecule has 0 saturated heterocycles. The van der Waals surface area contributed by atoms with Crippen molar-refractivity contribution in [2.45, 2.75) is 264 Å². The number of esters is 1. The number of hydrogen-bond donors (Lipinski definition) is 3. The van der Waals surface area contributed by atoms with Gasteiger partial charge in [-0.2, -0.15) is 0 Å². The Balaban J connectivity index is 3.53. The highest BCUT2D eigenvalue weighted by molar-refractivity contribution is 5.76. The number of allylic oxidation sites excluding steroid dienone is 6. The van der Waals surface area contributed by atoms with Gasteiger partial charge in [-0.25, -0.2) is 0 Å². The summed E-state index contributed by atoms with van der Waals surface area (Å²) in [5, 5.41) is 23.1. The van der Waals surface area contributed by atoms with Crippen molar-refractivity contribution in [2.75, 3.05) is 13.2 Å². The van der Waals surface area contributed by atoms with Gasteiger partial charge in [0.05, 0.1) is 25.4 Å². The summed E-state index contributed by atoms with van der Waals surface area (Å²) < 4.78 is 5.43. The third-order valence-corrected chi connectivity index (χ3v) is 11.2. The number of aliphatic hydroxyl groups is 2. The summed E-state index contributed by atoms with van der Waals surface area (Å²) in [6.45, 7) is 4.86. The smallest absolute Gasteiger partial charge is 0.305 e. The third-order valence-electron chi connectivity index (χ3n) is 11.2. The standard InChI is InChI=1S/C51H95NO5/c1-3-5-7-9-11-13-15-16-21-25-29-33-37-41-45-51(56)57-46-42-38-34-30-26-22-19-17-18-20-24-28-32-36-40-44-50(55)52-48(47-53)49(54)43-39-35-31-27-23-14-12-10-8-6-4-2/h15-17,19,22,26,48-49,53-54H,3-14,18,20-21,23-25,27-47H2,1-2H3,(H,52,55)/b16-15-,19-17-,26-22-. The van der Waals surface area contributed by atoms with E-state index in [2.05, 4.69) is 55.6 Å². The van der Waals surface area contributed by atoms with E-state index in [1.165, 1.54) is 141 Å². The Morgan fingerprint density at radius 2 is 0.877 bits per heavy atom. The van der Waals surface area contributed by atoms with E-state index in [9.17, 15) is 19.8 Å². The SMILES string of the molecule is CCCCCCC/C=C\CCCCCCCC(=O)OCCCCC/C=C\C=C/CCCCCCCCC(=O)NC(CO)C(O)CCCCCCCCCCCCC. The van der Waals surface area contributed by atoms with Crippen LogP contribution >= 0.6 is 0 Å². The van der Waals surface area contributed by atoms with Crippen LogP contribution in [0.1, 0.15) is 251 Å². The molecule has 0 aromatic carbocycles. The Morgan fingerprint density at radius 3 is 1.35 bits per heavy atom. The molecule has 0 aromatic rings. The van der Waals surface area contributed by atoms with Crippen LogP contribution in [0.3, 0.4) is 0 Å². The van der Waals surface area contributed by atoms with Gasteiger partial charge in [-0.15, -0.1) is 0 Å². The highest BCUT2D eigenvalue weighted by atomic mass is 16.5. The maximum absolute atomic E-state index is 12.4. The summed E-state index contributed by atoms with van der Waals surface area (Å²) in [6, 6.07) is -0.557. The molecule has 0 aliphatic rings. The lowest BCUT2D eigenvalue weighted by atomic mass is 10.0. The lowest BCUT2D eigenvalue weighted by molar-refractivity contribution is -0.143. The van der Waals surface area contributed by atoms with Gasteiger partial charge >= 0.3 is 5.97 Å². The third kappa shape index (κ3) is 43.5. The number of ether oxygens (including phenoxy) is 1. The molecular formula is C51H95NO5. The van der Waals surface area contributed by atoms with E-state index >= 15 is 0 Å². The first-order valence-corrected chi connectivity index (χ1v) is 24.8. The van der Waals surface area contributed by atoms with Crippen LogP contribution in [0.2, 0.25) is 0 Å². The summed E-state index contributed by atoms with van der Waals surface area (Å²) >= 11 is 0. The van der Waals surface area contributed by atoms with E-state index in [-0.39, 0.29) is 18.5 Å². The summed E-state index contributed by atoms with van der Waals surface area (Å²) in [6.07, 6.45) is 55.4. The van der Waals surface area contributed by atoms with Crippen molar-refractivity contribution in [1.82, 2.24) is 5.32 Å². The second kappa shape index (κ2) is 46.8. The Bertz CT molecular complexity index is 931. The molecule has 1 amide bonds. The van der Waals surface area contributed by atoms with Gasteiger partial charge < -0.3 is 20.3 Å². The molecule has 0 aliphatic carbocycles. The van der Waals surface area contributed by atoms with Gasteiger partial charge in [0.25, 0.3) is 0 Å². The van der Waals surface area contributed by atoms with E-state index < -0.39 is 12.1 Å². The Kier molecular flexibility index (Phi) is 45.2. The zero-order valence-electron chi connectivity index (χ0n) is 37.8. The number of hydrogen-bond acceptors (Lipinski definition) is 5. The first-order valence-electron chi connectivity index (χ1n) is 24.8. The van der Waals surface area contributed by atoms with E-state index in [0.29, 0.717) is 25.9 Å². The van der Waals surface area contributed by atoms with Crippen LogP contribution in [0.25, 0.3) is 0 Å². The molecule has 334 valence electrons. The molecule has 0 saturated carbocycles. The molecule has 3 N–H and O–H groups in total. The van der Waals surface area contributed by atoms with E-state index in [0.717, 1.165) is 77.0 Å². The number of rotatable bonds is 45. The molecule has 0 radical (unpaired) electrons. The normalized spacial score (nSPS) is 13.0. The van der Waals surface area contributed by atoms with Gasteiger partial charge in [0.2, 0.25) is 5.91 Å². The monoisotopic (exact) mass is 802 g/mol. The van der Waals surface area contributed by atoms with Crippen LogP contribution < -0.4 is 5.32 Å². The number of unbranched alkanes of at least 4 members (excludes halogenated alkanes) is 29. The maximum atomic E-state index is 12.4. The van der Waals surface area contributed by atoms with Crippen molar-refractivity contribution in [3.8, 4) is 0 Å². The number of nitrogens with one attached hydrogen (secondary N) is 1. The predicted molar refractivity (Wildman–Crippen MR) is 246 cm³/mol. The van der Waals surface area contributed by atoms with E-state index in [1.54, 1.807) is 0 Å². The zero-order chi connectivity index (χ0) is 41.5. The summed E-state index contributed by atoms with van der Waals surface area (Å²) in [7, 11) is 0. The molecule has 0 aromatic heterocycles. The average Bonchev–Trinajstić information content (AvgIpc) is 3.21. The fraction of sp³-hybridized carbons (Fsp3) is 0.843. The van der Waals surface area contributed by atoms with Crippen LogP contribution in [0.5, 0.6) is 0 Å². The molecule has 0 spiro atoms. The van der Waals surface area contributed by atoms with Gasteiger partial charge in [0.1, 0.15) is 0 Å². The van der Waals surface area contributed by atoms with Crippen molar-refractivity contribution in [3.05, 3.63) is 36.5 Å². The molecule has 2 atom stereocenters. The molecule has 2 unspecified atom stereocenters. The summed E-state index contributed by atoms with van der Waals surface area (Å²) in [5.41, 5.74) is 0. The molecule has 6 heteroatoms. The molecule has 0 aliphatic heterocycles. The average molecular weight is 802 g/mol. The number of aliphatic hydroxyl groups excluding tert-OH is 2. The molecular weight excluding hydrogens is 707 g/mol. The highest BCUT2D eigenvalue weighted by Crippen LogP contribution is 2.15. The van der Waals surface area contributed by atoms with Crippen LogP contribution in [0.4, 0.5) is 0 Å². The highest BCUT2D eigenvalue weighted by Gasteiger charge is 2.20. The fourth-order valence-corrected chi connectivity index (χ4v) is 7.33. The van der Waals surface area contributed by atoms with Gasteiger partial charge in [-0.1, -0.05) is 192 Å². The molecule has 57 heavy (non-hydrogen) atoms. The Hall–Kier alpha value is -1.92. The van der Waals surface area contributed by atoms with Crippen molar-refractivity contribution in [2.24, 2.45) is 0 Å². The minimum absolute atomic E-state index is 0.0310. The van der Waals surface area contributed by atoms with Crippen LogP contribution in [-0.4, -0.2) is 47.4 Å². The minimum atomic E-state index is -0.677. The van der Waals surface area contributed by atoms with Crippen LogP contribution in [0, 0.1) is 0 Å². The first-order chi connectivity index (χ1) is 28.0. The largest absolute Gasteiger partial charge is 0.466 e. The quantitative estimate of drug-likeness (QED) is 0.0247. The van der Waals surface area contributed by atoms with Crippen molar-refractivity contribution >= 4 is 11.9 Å². The van der Waals surface area contributed by atoms with Crippen LogP contribution in [0.15, 0.2) is 36.5 Å². The van der Waals surface area contributed by atoms with Crippen molar-refractivity contribution in [3.63, 3.8) is 0 Å². The zero-order valence-corrected chi connectivity index (χ0v) is 37.8. The topological polar surface area (TPSA) is 95.9 Å². The van der Waals surface area contributed by atoms with Gasteiger partial charge in [0, 0.05) is 12.8 Å². The maximum Gasteiger partial charge on any atom is 0.305 e. The number of amides is 1. The van der Waals surface area contributed by atoms with Crippen LogP contribution in [-0.2, 0) is 14.3 Å². The Morgan fingerprint density at radius 1 is 0.491 bits per heavy atom. The van der Waals surface area contributed by atoms with E-state index in [1.807, 2.05) is 0 Å². The lowest BCUT2D eigenvalue weighted by Crippen LogP contribution is -2.45. The fourth-order valence-electron chi connectivity index (χ4n) is 7.33. The second-order valence-electron chi connectivity index (χ2n) is 16.8. The first kappa shape index (κ1) is 55.1. The molecule has 6 nitrogen and oxygen atoms in total. The molecule has 0 heterocycles. The predicted octanol–water partition coefficient (Wildman–Crippen LogP) is 14.5.